The average molecular weight is 309 g/mol. The first-order valence-electron chi connectivity index (χ1n) is 7.85. The zero-order valence-electron chi connectivity index (χ0n) is 13.2. The summed E-state index contributed by atoms with van der Waals surface area (Å²) in [6.07, 6.45) is 2.62. The van der Waals surface area contributed by atoms with E-state index in [-0.39, 0.29) is 24.7 Å². The van der Waals surface area contributed by atoms with Gasteiger partial charge < -0.3 is 14.6 Å². The monoisotopic (exact) mass is 309 g/mol. The second-order valence-electron chi connectivity index (χ2n) is 6.78. The largest absolute Gasteiger partial charge is 0.460 e. The van der Waals surface area contributed by atoms with Crippen molar-refractivity contribution in [3.63, 3.8) is 0 Å². The molecule has 0 aromatic heterocycles. The Hall–Kier alpha value is -1.40. The number of hydrogen-bond acceptors (Lipinski definition) is 6. The van der Waals surface area contributed by atoms with Crippen LogP contribution in [0.3, 0.4) is 0 Å². The molecular weight excluding hydrogens is 286 g/mol. The van der Waals surface area contributed by atoms with Crippen LogP contribution in [0, 0.1) is 11.8 Å². The first-order chi connectivity index (χ1) is 10.3. The molecule has 0 aromatic carbocycles. The quantitative estimate of drug-likeness (QED) is 0.518. The van der Waals surface area contributed by atoms with E-state index in [0.717, 1.165) is 25.1 Å². The number of esters is 2. The predicted molar refractivity (Wildman–Crippen MR) is 77.9 cm³/mol. The van der Waals surface area contributed by atoms with Crippen molar-refractivity contribution in [2.24, 2.45) is 11.8 Å². The number of ether oxygens (including phenoxy) is 2. The van der Waals surface area contributed by atoms with Gasteiger partial charge in [-0.1, -0.05) is 19.9 Å². The molecule has 3 heterocycles. The molecule has 0 radical (unpaired) electrons. The van der Waals surface area contributed by atoms with Crippen LogP contribution in [0.2, 0.25) is 0 Å². The van der Waals surface area contributed by atoms with Crippen molar-refractivity contribution in [3.05, 3.63) is 11.6 Å². The molecule has 5 atom stereocenters. The number of carbonyl (C=O) groups is 2. The Labute approximate surface area is 130 Å². The number of nitrogens with zero attached hydrogens (tertiary/aromatic N) is 1. The van der Waals surface area contributed by atoms with Crippen LogP contribution in [0.5, 0.6) is 0 Å². The van der Waals surface area contributed by atoms with Crippen molar-refractivity contribution in [1.82, 2.24) is 4.90 Å². The van der Waals surface area contributed by atoms with Crippen LogP contribution in [0.25, 0.3) is 0 Å². The van der Waals surface area contributed by atoms with Crippen LogP contribution in [0.15, 0.2) is 11.6 Å². The van der Waals surface area contributed by atoms with Crippen molar-refractivity contribution in [2.75, 3.05) is 19.7 Å². The average Bonchev–Trinajstić information content (AvgIpc) is 3.05. The molecule has 2 saturated heterocycles. The summed E-state index contributed by atoms with van der Waals surface area (Å²) >= 11 is 0. The summed E-state index contributed by atoms with van der Waals surface area (Å²) in [4.78, 5) is 26.9. The van der Waals surface area contributed by atoms with Crippen LogP contribution in [0.1, 0.15) is 27.2 Å². The summed E-state index contributed by atoms with van der Waals surface area (Å²) in [5.41, 5.74) is -0.752. The van der Waals surface area contributed by atoms with Gasteiger partial charge in [-0.2, -0.15) is 0 Å². The van der Waals surface area contributed by atoms with Crippen LogP contribution in [-0.2, 0) is 19.1 Å². The lowest BCUT2D eigenvalue weighted by Crippen LogP contribution is -2.47. The summed E-state index contributed by atoms with van der Waals surface area (Å²) in [6, 6.07) is 0.00213. The van der Waals surface area contributed by atoms with Gasteiger partial charge >= 0.3 is 11.9 Å². The fourth-order valence-corrected chi connectivity index (χ4v) is 3.55. The van der Waals surface area contributed by atoms with Gasteiger partial charge in [0.25, 0.3) is 0 Å². The van der Waals surface area contributed by atoms with Gasteiger partial charge in [-0.15, -0.1) is 0 Å². The third kappa shape index (κ3) is 2.34. The summed E-state index contributed by atoms with van der Waals surface area (Å²) in [7, 11) is 0. The predicted octanol–water partition coefficient (Wildman–Crippen LogP) is 0.492. The van der Waals surface area contributed by atoms with E-state index < -0.39 is 23.4 Å². The molecule has 3 aliphatic rings. The van der Waals surface area contributed by atoms with Gasteiger partial charge in [-0.05, 0) is 18.9 Å². The highest BCUT2D eigenvalue weighted by Gasteiger charge is 2.47. The van der Waals surface area contributed by atoms with Crippen LogP contribution in [0.4, 0.5) is 0 Å². The van der Waals surface area contributed by atoms with E-state index in [1.165, 1.54) is 6.92 Å². The molecule has 3 rings (SSSR count). The normalized spacial score (nSPS) is 43.0. The van der Waals surface area contributed by atoms with Gasteiger partial charge in [0, 0.05) is 19.0 Å². The smallest absolute Gasteiger partial charge is 0.338 e. The molecule has 6 heteroatoms. The third-order valence-corrected chi connectivity index (χ3v) is 5.47. The lowest BCUT2D eigenvalue weighted by Gasteiger charge is -2.31. The van der Waals surface area contributed by atoms with E-state index >= 15 is 0 Å². The van der Waals surface area contributed by atoms with E-state index in [1.54, 1.807) is 13.8 Å². The van der Waals surface area contributed by atoms with Gasteiger partial charge in [0.05, 0.1) is 12.0 Å². The molecule has 3 aliphatic heterocycles. The lowest BCUT2D eigenvalue weighted by molar-refractivity contribution is -0.173. The molecule has 0 spiro atoms. The summed E-state index contributed by atoms with van der Waals surface area (Å²) in [6.45, 7) is 6.56. The van der Waals surface area contributed by atoms with Crippen molar-refractivity contribution < 1.29 is 24.2 Å². The van der Waals surface area contributed by atoms with Crippen LogP contribution < -0.4 is 0 Å². The first kappa shape index (κ1) is 15.5. The standard InChI is InChI=1S/C16H23NO5/c1-9-10(2)16(3,20)15(19)21-8-11-4-6-17-7-5-12(13(11)17)22-14(9)18/h4,9-10,12-13,20H,5-8H2,1-3H3. The van der Waals surface area contributed by atoms with E-state index in [2.05, 4.69) is 4.90 Å². The molecule has 6 nitrogen and oxygen atoms in total. The Bertz CT molecular complexity index is 527. The fraction of sp³-hybridized carbons (Fsp3) is 0.750. The minimum Gasteiger partial charge on any atom is -0.460 e. The third-order valence-electron chi connectivity index (χ3n) is 5.47. The molecule has 0 amide bonds. The van der Waals surface area contributed by atoms with Crippen molar-refractivity contribution >= 4 is 11.9 Å². The van der Waals surface area contributed by atoms with E-state index in [9.17, 15) is 14.7 Å². The highest BCUT2D eigenvalue weighted by atomic mass is 16.6. The van der Waals surface area contributed by atoms with Gasteiger partial charge in [-0.3, -0.25) is 9.69 Å². The number of hydrogen-bond donors (Lipinski definition) is 1. The highest BCUT2D eigenvalue weighted by molar-refractivity contribution is 5.81. The molecule has 0 saturated carbocycles. The maximum atomic E-state index is 12.4. The second-order valence-corrected chi connectivity index (χ2v) is 6.78. The van der Waals surface area contributed by atoms with Crippen molar-refractivity contribution in [1.29, 1.82) is 0 Å². The molecule has 0 aliphatic carbocycles. The Morgan fingerprint density at radius 3 is 2.82 bits per heavy atom. The number of aliphatic hydroxyl groups is 1. The van der Waals surface area contributed by atoms with Crippen molar-refractivity contribution in [3.8, 4) is 0 Å². The van der Waals surface area contributed by atoms with E-state index in [1.807, 2.05) is 6.08 Å². The molecule has 0 aromatic rings. The summed E-state index contributed by atoms with van der Waals surface area (Å²) in [5, 5.41) is 10.5. The van der Waals surface area contributed by atoms with Gasteiger partial charge in [0.1, 0.15) is 12.7 Å². The Kier molecular flexibility index (Phi) is 3.77. The molecule has 22 heavy (non-hydrogen) atoms. The van der Waals surface area contributed by atoms with Gasteiger partial charge in [0.2, 0.25) is 0 Å². The SMILES string of the molecule is CC1C(=O)OC2CCN3CC=C(COC(=O)C(C)(O)C1C)C23. The van der Waals surface area contributed by atoms with Crippen LogP contribution >= 0.6 is 0 Å². The topological polar surface area (TPSA) is 76.1 Å². The maximum absolute atomic E-state index is 12.4. The van der Waals surface area contributed by atoms with Gasteiger partial charge in [0.15, 0.2) is 5.60 Å². The van der Waals surface area contributed by atoms with E-state index in [4.69, 9.17) is 9.47 Å². The number of carbonyl (C=O) groups excluding carboxylic acids is 2. The summed E-state index contributed by atoms with van der Waals surface area (Å²) < 4.78 is 11.0. The van der Waals surface area contributed by atoms with E-state index in [0.29, 0.717) is 0 Å². The van der Waals surface area contributed by atoms with Crippen LogP contribution in [-0.4, -0.2) is 59.4 Å². The minimum absolute atomic E-state index is 0.00213. The number of cyclic esters (lactones) is 1. The number of rotatable bonds is 0. The zero-order chi connectivity index (χ0) is 16.1. The highest BCUT2D eigenvalue weighted by Crippen LogP contribution is 2.35. The lowest BCUT2D eigenvalue weighted by atomic mass is 9.81. The Morgan fingerprint density at radius 2 is 2.09 bits per heavy atom. The van der Waals surface area contributed by atoms with Gasteiger partial charge in [-0.25, -0.2) is 4.79 Å². The molecular formula is C16H23NO5. The second kappa shape index (κ2) is 5.35. The van der Waals surface area contributed by atoms with Crippen molar-refractivity contribution in [2.45, 2.75) is 44.9 Å². The Balaban J connectivity index is 1.91. The zero-order valence-corrected chi connectivity index (χ0v) is 13.2. The summed E-state index contributed by atoms with van der Waals surface area (Å²) in [5.74, 6) is -2.21. The molecule has 122 valence electrons. The maximum Gasteiger partial charge on any atom is 0.338 e. The molecule has 2 fully saturated rings. The first-order valence-corrected chi connectivity index (χ1v) is 7.85. The molecule has 1 N–H and O–H groups in total. The Morgan fingerprint density at radius 1 is 1.36 bits per heavy atom. The minimum atomic E-state index is -1.71. The molecule has 0 bridgehead atoms. The fourth-order valence-electron chi connectivity index (χ4n) is 3.55. The molecule has 5 unspecified atom stereocenters.